The number of carbonyl (C=O) groups is 1. The molecule has 0 amide bonds. The molecule has 0 spiro atoms. The van der Waals surface area contributed by atoms with Crippen molar-refractivity contribution in [3.63, 3.8) is 0 Å². The quantitative estimate of drug-likeness (QED) is 0.878. The number of rotatable bonds is 2. The lowest BCUT2D eigenvalue weighted by Crippen LogP contribution is -2.38. The Bertz CT molecular complexity index is 464. The molecule has 1 aliphatic heterocycles. The lowest BCUT2D eigenvalue weighted by atomic mass is 9.82. The Morgan fingerprint density at radius 1 is 1.44 bits per heavy atom. The van der Waals surface area contributed by atoms with Gasteiger partial charge in [-0.3, -0.25) is 0 Å². The molecule has 98 valence electrons. The molecule has 2 heterocycles. The topological polar surface area (TPSA) is 53.4 Å². The predicted molar refractivity (Wildman–Crippen MR) is 66.4 cm³/mol. The van der Waals surface area contributed by atoms with E-state index in [1.165, 1.54) is 0 Å². The van der Waals surface area contributed by atoms with Crippen LogP contribution < -0.4 is 4.90 Å². The summed E-state index contributed by atoms with van der Waals surface area (Å²) in [5.41, 5.74) is 0.217. The van der Waals surface area contributed by atoms with Crippen LogP contribution in [0.2, 0.25) is 0 Å². The van der Waals surface area contributed by atoms with Crippen LogP contribution in [0, 0.1) is 11.2 Å². The Hall–Kier alpha value is -1.65. The first-order valence-electron chi connectivity index (χ1n) is 6.03. The molecule has 0 aliphatic carbocycles. The number of anilines is 1. The van der Waals surface area contributed by atoms with Crippen molar-refractivity contribution in [1.29, 1.82) is 0 Å². The van der Waals surface area contributed by atoms with Crippen molar-refractivity contribution in [2.75, 3.05) is 18.0 Å². The molecule has 18 heavy (non-hydrogen) atoms. The number of halogens is 1. The molecular weight excluding hydrogens is 235 g/mol. The van der Waals surface area contributed by atoms with Gasteiger partial charge in [-0.1, -0.05) is 13.8 Å². The molecule has 0 saturated carbocycles. The molecule has 1 aromatic heterocycles. The van der Waals surface area contributed by atoms with Crippen LogP contribution in [0.15, 0.2) is 12.3 Å². The van der Waals surface area contributed by atoms with Gasteiger partial charge in [-0.25, -0.2) is 14.2 Å². The fourth-order valence-corrected chi connectivity index (χ4v) is 2.17. The van der Waals surface area contributed by atoms with Gasteiger partial charge >= 0.3 is 5.97 Å². The number of nitrogens with zero attached hydrogens (tertiary/aromatic N) is 2. The maximum absolute atomic E-state index is 13.1. The van der Waals surface area contributed by atoms with E-state index in [-0.39, 0.29) is 11.0 Å². The Morgan fingerprint density at radius 3 is 2.61 bits per heavy atom. The van der Waals surface area contributed by atoms with Crippen LogP contribution in [0.25, 0.3) is 0 Å². The van der Waals surface area contributed by atoms with Gasteiger partial charge in [0.05, 0.1) is 6.20 Å². The molecule has 0 bridgehead atoms. The van der Waals surface area contributed by atoms with E-state index in [0.29, 0.717) is 5.82 Å². The van der Waals surface area contributed by atoms with E-state index in [9.17, 15) is 9.18 Å². The third-order valence-corrected chi connectivity index (χ3v) is 3.48. The Morgan fingerprint density at radius 2 is 2.06 bits per heavy atom. The first kappa shape index (κ1) is 12.8. The third-order valence-electron chi connectivity index (χ3n) is 3.48. The summed E-state index contributed by atoms with van der Waals surface area (Å²) in [6.45, 7) is 5.90. The summed E-state index contributed by atoms with van der Waals surface area (Å²) in [6, 6.07) is 1.03. The summed E-state index contributed by atoms with van der Waals surface area (Å²) >= 11 is 0. The first-order chi connectivity index (χ1) is 8.39. The van der Waals surface area contributed by atoms with Crippen molar-refractivity contribution >= 4 is 11.8 Å². The largest absolute Gasteiger partial charge is 0.478 e. The van der Waals surface area contributed by atoms with Crippen LogP contribution in [0.4, 0.5) is 10.2 Å². The van der Waals surface area contributed by atoms with Crippen LogP contribution in [0.1, 0.15) is 37.0 Å². The zero-order valence-electron chi connectivity index (χ0n) is 10.6. The highest BCUT2D eigenvalue weighted by Gasteiger charge is 2.28. The van der Waals surface area contributed by atoms with E-state index < -0.39 is 11.8 Å². The fraction of sp³-hybridized carbons (Fsp3) is 0.538. The van der Waals surface area contributed by atoms with E-state index in [1.54, 1.807) is 0 Å². The second kappa shape index (κ2) is 4.55. The molecule has 1 aliphatic rings. The van der Waals surface area contributed by atoms with Gasteiger partial charge < -0.3 is 10.0 Å². The molecule has 0 aromatic carbocycles. The third kappa shape index (κ3) is 2.60. The summed E-state index contributed by atoms with van der Waals surface area (Å²) in [5, 5.41) is 9.09. The maximum atomic E-state index is 13.1. The second-order valence-corrected chi connectivity index (χ2v) is 5.48. The standard InChI is InChI=1S/C13H17FN2O2/c1-13(2)3-5-16(6-4-13)11-10(12(17)18)7-9(14)8-15-11/h7-8H,3-6H2,1-2H3,(H,17,18). The number of aromatic nitrogens is 1. The number of hydrogen-bond donors (Lipinski definition) is 1. The van der Waals surface area contributed by atoms with Gasteiger partial charge in [0.15, 0.2) is 0 Å². The zero-order valence-corrected chi connectivity index (χ0v) is 10.6. The monoisotopic (exact) mass is 252 g/mol. The smallest absolute Gasteiger partial charge is 0.339 e. The minimum absolute atomic E-state index is 0.0605. The molecule has 1 fully saturated rings. The van der Waals surface area contributed by atoms with Gasteiger partial charge in [0.1, 0.15) is 17.2 Å². The summed E-state index contributed by atoms with van der Waals surface area (Å²) in [4.78, 5) is 17.0. The van der Waals surface area contributed by atoms with Gasteiger partial charge in [-0.05, 0) is 24.3 Å². The highest BCUT2D eigenvalue weighted by atomic mass is 19.1. The van der Waals surface area contributed by atoms with Crippen molar-refractivity contribution in [2.24, 2.45) is 5.41 Å². The van der Waals surface area contributed by atoms with Crippen molar-refractivity contribution in [2.45, 2.75) is 26.7 Å². The summed E-state index contributed by atoms with van der Waals surface area (Å²) in [6.07, 6.45) is 3.03. The molecule has 4 nitrogen and oxygen atoms in total. The van der Waals surface area contributed by atoms with Crippen LogP contribution >= 0.6 is 0 Å². The van der Waals surface area contributed by atoms with Crippen LogP contribution in [-0.4, -0.2) is 29.1 Å². The lowest BCUT2D eigenvalue weighted by molar-refractivity contribution is 0.0696. The SMILES string of the molecule is CC1(C)CCN(c2ncc(F)cc2C(=O)O)CC1. The first-order valence-corrected chi connectivity index (χ1v) is 6.03. The second-order valence-electron chi connectivity index (χ2n) is 5.48. The highest BCUT2D eigenvalue weighted by molar-refractivity contribution is 5.93. The van der Waals surface area contributed by atoms with Gasteiger partial charge in [-0.2, -0.15) is 0 Å². The van der Waals surface area contributed by atoms with Gasteiger partial charge in [0, 0.05) is 13.1 Å². The number of hydrogen-bond acceptors (Lipinski definition) is 3. The molecule has 5 heteroatoms. The van der Waals surface area contributed by atoms with Gasteiger partial charge in [0.25, 0.3) is 0 Å². The molecule has 1 N–H and O–H groups in total. The summed E-state index contributed by atoms with van der Waals surface area (Å²) in [5.74, 6) is -1.38. The van der Waals surface area contributed by atoms with E-state index in [2.05, 4.69) is 18.8 Å². The fourth-order valence-electron chi connectivity index (χ4n) is 2.17. The van der Waals surface area contributed by atoms with E-state index in [4.69, 9.17) is 5.11 Å². The zero-order chi connectivity index (χ0) is 13.3. The predicted octanol–water partition coefficient (Wildman–Crippen LogP) is 2.55. The summed E-state index contributed by atoms with van der Waals surface area (Å²) in [7, 11) is 0. The van der Waals surface area contributed by atoms with Crippen molar-refractivity contribution in [3.05, 3.63) is 23.6 Å². The minimum Gasteiger partial charge on any atom is -0.478 e. The van der Waals surface area contributed by atoms with Crippen molar-refractivity contribution in [3.8, 4) is 0 Å². The number of pyridine rings is 1. The number of carboxylic acid groups (broad SMARTS) is 1. The lowest BCUT2D eigenvalue weighted by Gasteiger charge is -2.37. The molecule has 0 atom stereocenters. The van der Waals surface area contributed by atoms with E-state index in [1.807, 2.05) is 4.90 Å². The molecule has 1 saturated heterocycles. The Kier molecular flexibility index (Phi) is 3.24. The normalized spacial score (nSPS) is 18.7. The van der Waals surface area contributed by atoms with E-state index >= 15 is 0 Å². The number of carboxylic acids is 1. The highest BCUT2D eigenvalue weighted by Crippen LogP contribution is 2.32. The number of aromatic carboxylic acids is 1. The van der Waals surface area contributed by atoms with Crippen molar-refractivity contribution in [1.82, 2.24) is 4.98 Å². The van der Waals surface area contributed by atoms with Crippen LogP contribution in [-0.2, 0) is 0 Å². The van der Waals surface area contributed by atoms with Crippen LogP contribution in [0.5, 0.6) is 0 Å². The minimum atomic E-state index is -1.14. The molecular formula is C13H17FN2O2. The maximum Gasteiger partial charge on any atom is 0.339 e. The average Bonchev–Trinajstić information content (AvgIpc) is 2.29. The van der Waals surface area contributed by atoms with Gasteiger partial charge in [-0.15, -0.1) is 0 Å². The molecule has 2 rings (SSSR count). The Labute approximate surface area is 105 Å². The number of piperidine rings is 1. The van der Waals surface area contributed by atoms with Crippen LogP contribution in [0.3, 0.4) is 0 Å². The molecule has 1 aromatic rings. The average molecular weight is 252 g/mol. The van der Waals surface area contributed by atoms with E-state index in [0.717, 1.165) is 38.2 Å². The Balaban J connectivity index is 2.26. The molecule has 0 radical (unpaired) electrons. The molecule has 0 unspecified atom stereocenters. The van der Waals surface area contributed by atoms with Gasteiger partial charge in [0.2, 0.25) is 0 Å². The summed E-state index contributed by atoms with van der Waals surface area (Å²) < 4.78 is 13.1. The van der Waals surface area contributed by atoms with Crippen molar-refractivity contribution < 1.29 is 14.3 Å².